The van der Waals surface area contributed by atoms with E-state index in [0.29, 0.717) is 12.3 Å². The molecular weight excluding hydrogens is 358 g/mol. The van der Waals surface area contributed by atoms with Gasteiger partial charge in [0.25, 0.3) is 0 Å². The Labute approximate surface area is 165 Å². The number of thioether (sulfide) groups is 1. The van der Waals surface area contributed by atoms with E-state index in [2.05, 4.69) is 47.1 Å². The van der Waals surface area contributed by atoms with Gasteiger partial charge in [0.2, 0.25) is 5.91 Å². The maximum absolute atomic E-state index is 12.0. The Balaban J connectivity index is 1.68. The van der Waals surface area contributed by atoms with E-state index in [4.69, 9.17) is 0 Å². The molecule has 0 heterocycles. The molecule has 0 aliphatic rings. The molecule has 0 radical (unpaired) electrons. The minimum Gasteiger partial charge on any atom is -0.351 e. The van der Waals surface area contributed by atoms with Crippen LogP contribution in [0.15, 0.2) is 48.5 Å². The third-order valence-corrected chi connectivity index (χ3v) is 4.75. The summed E-state index contributed by atoms with van der Waals surface area (Å²) < 4.78 is 0. The second kappa shape index (κ2) is 10.6. The Morgan fingerprint density at radius 3 is 2.22 bits per heavy atom. The van der Waals surface area contributed by atoms with Crippen LogP contribution in [-0.4, -0.2) is 23.7 Å². The average Bonchev–Trinajstić information content (AvgIpc) is 2.62. The van der Waals surface area contributed by atoms with Crippen molar-refractivity contribution in [2.24, 2.45) is 0 Å². The number of nitrogens with one attached hydrogen (secondary N) is 3. The minimum absolute atomic E-state index is 0.0191. The van der Waals surface area contributed by atoms with Gasteiger partial charge in [-0.05, 0) is 44.0 Å². The average molecular weight is 386 g/mol. The summed E-state index contributed by atoms with van der Waals surface area (Å²) in [5.74, 6) is 1.28. The molecule has 0 bridgehead atoms. The van der Waals surface area contributed by atoms with Crippen molar-refractivity contribution in [3.63, 3.8) is 0 Å². The number of benzene rings is 2. The summed E-state index contributed by atoms with van der Waals surface area (Å²) in [5, 5.41) is 8.46. The molecule has 0 aliphatic heterocycles. The van der Waals surface area contributed by atoms with Crippen molar-refractivity contribution in [1.29, 1.82) is 0 Å². The number of rotatable bonds is 8. The topological polar surface area (TPSA) is 70.2 Å². The Kier molecular flexibility index (Phi) is 8.20. The van der Waals surface area contributed by atoms with Crippen LogP contribution in [-0.2, 0) is 17.1 Å². The van der Waals surface area contributed by atoms with E-state index in [0.717, 1.165) is 17.0 Å². The molecule has 144 valence electrons. The van der Waals surface area contributed by atoms with Gasteiger partial charge < -0.3 is 16.0 Å². The molecule has 27 heavy (non-hydrogen) atoms. The molecular formula is C21H27N3O2S. The molecule has 0 aromatic heterocycles. The van der Waals surface area contributed by atoms with Gasteiger partial charge in [-0.15, -0.1) is 11.8 Å². The Hall–Kier alpha value is -2.47. The highest BCUT2D eigenvalue weighted by atomic mass is 32.2. The van der Waals surface area contributed by atoms with Crippen LogP contribution < -0.4 is 16.0 Å². The zero-order chi connectivity index (χ0) is 19.6. The first kappa shape index (κ1) is 20.8. The van der Waals surface area contributed by atoms with Gasteiger partial charge in [0.1, 0.15) is 0 Å². The lowest BCUT2D eigenvalue weighted by atomic mass is 10.2. The molecule has 3 N–H and O–H groups in total. The molecule has 0 atom stereocenters. The number of hydrogen-bond acceptors (Lipinski definition) is 3. The molecule has 0 saturated carbocycles. The number of urea groups is 1. The lowest BCUT2D eigenvalue weighted by Crippen LogP contribution is -2.34. The zero-order valence-electron chi connectivity index (χ0n) is 16.0. The van der Waals surface area contributed by atoms with E-state index in [1.54, 1.807) is 11.8 Å². The van der Waals surface area contributed by atoms with Crippen molar-refractivity contribution < 1.29 is 9.59 Å². The van der Waals surface area contributed by atoms with E-state index in [-0.39, 0.29) is 18.0 Å². The van der Waals surface area contributed by atoms with Gasteiger partial charge in [0.05, 0.1) is 5.75 Å². The van der Waals surface area contributed by atoms with Gasteiger partial charge in [-0.3, -0.25) is 4.79 Å². The summed E-state index contributed by atoms with van der Waals surface area (Å²) in [5.41, 5.74) is 4.17. The number of aryl methyl sites for hydroxylation is 1. The van der Waals surface area contributed by atoms with Crippen LogP contribution in [0.25, 0.3) is 0 Å². The van der Waals surface area contributed by atoms with Crippen molar-refractivity contribution in [3.05, 3.63) is 65.2 Å². The normalized spacial score (nSPS) is 10.5. The Bertz CT molecular complexity index is 743. The minimum atomic E-state index is -0.225. The number of anilines is 1. The molecule has 3 amide bonds. The number of carbonyl (C=O) groups is 2. The molecule has 2 aromatic carbocycles. The van der Waals surface area contributed by atoms with E-state index in [9.17, 15) is 9.59 Å². The van der Waals surface area contributed by atoms with Crippen molar-refractivity contribution in [3.8, 4) is 0 Å². The summed E-state index contributed by atoms with van der Waals surface area (Å²) in [6.45, 7) is 6.35. The van der Waals surface area contributed by atoms with Gasteiger partial charge in [0, 0.05) is 24.0 Å². The highest BCUT2D eigenvalue weighted by Gasteiger charge is 2.05. The summed E-state index contributed by atoms with van der Waals surface area (Å²) in [4.78, 5) is 23.6. The Morgan fingerprint density at radius 2 is 1.59 bits per heavy atom. The quantitative estimate of drug-likeness (QED) is 0.641. The van der Waals surface area contributed by atoms with Crippen LogP contribution in [0.1, 0.15) is 30.5 Å². The van der Waals surface area contributed by atoms with E-state index >= 15 is 0 Å². The monoisotopic (exact) mass is 385 g/mol. The second-order valence-electron chi connectivity index (χ2n) is 6.71. The summed E-state index contributed by atoms with van der Waals surface area (Å²) in [6, 6.07) is 15.7. The maximum Gasteiger partial charge on any atom is 0.319 e. The summed E-state index contributed by atoms with van der Waals surface area (Å²) in [6.07, 6.45) is 0. The Morgan fingerprint density at radius 1 is 0.963 bits per heavy atom. The van der Waals surface area contributed by atoms with Crippen LogP contribution in [0.2, 0.25) is 0 Å². The number of hydrogen-bond donors (Lipinski definition) is 3. The highest BCUT2D eigenvalue weighted by molar-refractivity contribution is 7.99. The van der Waals surface area contributed by atoms with Gasteiger partial charge in [-0.2, -0.15) is 0 Å². The molecule has 5 nitrogen and oxygen atoms in total. The predicted octanol–water partition coefficient (Wildman–Crippen LogP) is 4.07. The third kappa shape index (κ3) is 8.17. The van der Waals surface area contributed by atoms with Gasteiger partial charge >= 0.3 is 6.03 Å². The van der Waals surface area contributed by atoms with Crippen LogP contribution in [0.4, 0.5) is 10.5 Å². The zero-order valence-corrected chi connectivity index (χ0v) is 16.9. The largest absolute Gasteiger partial charge is 0.351 e. The standard InChI is InChI=1S/C21H27N3O2S/c1-15(2)23-21(26)24-19-10-8-17(9-11-19)12-22-20(25)14-27-13-18-6-4-16(3)5-7-18/h4-11,15H,12-14H2,1-3H3,(H,22,25)(H2,23,24,26). The molecule has 2 rings (SSSR count). The van der Waals surface area contributed by atoms with E-state index < -0.39 is 0 Å². The first-order valence-corrected chi connectivity index (χ1v) is 10.1. The van der Waals surface area contributed by atoms with Gasteiger partial charge in [0.15, 0.2) is 0 Å². The van der Waals surface area contributed by atoms with E-state index in [1.165, 1.54) is 11.1 Å². The fraction of sp³-hybridized carbons (Fsp3) is 0.333. The number of carbonyl (C=O) groups excluding carboxylic acids is 2. The lowest BCUT2D eigenvalue weighted by Gasteiger charge is -2.11. The smallest absolute Gasteiger partial charge is 0.319 e. The molecule has 0 fully saturated rings. The highest BCUT2D eigenvalue weighted by Crippen LogP contribution is 2.13. The van der Waals surface area contributed by atoms with Gasteiger partial charge in [-0.25, -0.2) is 4.79 Å². The summed E-state index contributed by atoms with van der Waals surface area (Å²) in [7, 11) is 0. The first-order chi connectivity index (χ1) is 12.9. The molecule has 0 saturated heterocycles. The molecule has 0 unspecified atom stereocenters. The van der Waals surface area contributed by atoms with Crippen molar-refractivity contribution in [2.45, 2.75) is 39.1 Å². The van der Waals surface area contributed by atoms with Crippen molar-refractivity contribution in [1.82, 2.24) is 10.6 Å². The molecule has 0 spiro atoms. The van der Waals surface area contributed by atoms with Crippen LogP contribution >= 0.6 is 11.8 Å². The van der Waals surface area contributed by atoms with Crippen LogP contribution in [0.5, 0.6) is 0 Å². The van der Waals surface area contributed by atoms with Crippen molar-refractivity contribution >= 4 is 29.4 Å². The van der Waals surface area contributed by atoms with Gasteiger partial charge in [-0.1, -0.05) is 42.0 Å². The van der Waals surface area contributed by atoms with Crippen LogP contribution in [0.3, 0.4) is 0 Å². The fourth-order valence-corrected chi connectivity index (χ4v) is 3.15. The third-order valence-electron chi connectivity index (χ3n) is 3.74. The number of amides is 3. The summed E-state index contributed by atoms with van der Waals surface area (Å²) >= 11 is 1.60. The maximum atomic E-state index is 12.0. The fourth-order valence-electron chi connectivity index (χ4n) is 2.33. The molecule has 0 aliphatic carbocycles. The van der Waals surface area contributed by atoms with Crippen molar-refractivity contribution in [2.75, 3.05) is 11.1 Å². The second-order valence-corrected chi connectivity index (χ2v) is 7.69. The predicted molar refractivity (Wildman–Crippen MR) is 113 cm³/mol. The first-order valence-electron chi connectivity index (χ1n) is 8.99. The lowest BCUT2D eigenvalue weighted by molar-refractivity contribution is -0.118. The van der Waals surface area contributed by atoms with Crippen LogP contribution in [0, 0.1) is 6.92 Å². The molecule has 6 heteroatoms. The SMILES string of the molecule is Cc1ccc(CSCC(=O)NCc2ccc(NC(=O)NC(C)C)cc2)cc1. The molecule has 2 aromatic rings. The van der Waals surface area contributed by atoms with E-state index in [1.807, 2.05) is 38.1 Å².